The summed E-state index contributed by atoms with van der Waals surface area (Å²) < 4.78 is 0. The molecule has 0 saturated carbocycles. The number of halogens is 1. The topological polar surface area (TPSA) is 0 Å². The average Bonchev–Trinajstić information content (AvgIpc) is 1.90. The molecule has 0 unspecified atom stereocenters. The maximum atomic E-state index is 5.67. The summed E-state index contributed by atoms with van der Waals surface area (Å²) in [7, 11) is 0. The van der Waals surface area contributed by atoms with Crippen molar-refractivity contribution in [1.29, 1.82) is 0 Å². The zero-order chi connectivity index (χ0) is 6.69. The SMILES string of the molecule is CCc1ccc(Cl)cc1.[H-].[H-].[Mg+2]. The van der Waals surface area contributed by atoms with Gasteiger partial charge in [0.2, 0.25) is 0 Å². The van der Waals surface area contributed by atoms with Crippen molar-refractivity contribution in [3.63, 3.8) is 0 Å². The predicted molar refractivity (Wildman–Crippen MR) is 48.8 cm³/mol. The first kappa shape index (κ1) is 10.3. The number of rotatable bonds is 1. The number of hydrogen-bond acceptors (Lipinski definition) is 0. The fraction of sp³-hybridized carbons (Fsp3) is 0.250. The monoisotopic (exact) mass is 166 g/mol. The van der Waals surface area contributed by atoms with Crippen molar-refractivity contribution < 1.29 is 2.85 Å². The Kier molecular flexibility index (Phi) is 5.14. The van der Waals surface area contributed by atoms with E-state index in [1.807, 2.05) is 24.3 Å². The molecular formula is C8H11ClMg. The van der Waals surface area contributed by atoms with Gasteiger partial charge in [0.25, 0.3) is 0 Å². The van der Waals surface area contributed by atoms with E-state index in [9.17, 15) is 0 Å². The van der Waals surface area contributed by atoms with Crippen LogP contribution in [0.4, 0.5) is 0 Å². The first-order valence-electron chi connectivity index (χ1n) is 3.07. The van der Waals surface area contributed by atoms with E-state index in [0.29, 0.717) is 0 Å². The molecule has 0 radical (unpaired) electrons. The van der Waals surface area contributed by atoms with Gasteiger partial charge in [0, 0.05) is 5.02 Å². The summed E-state index contributed by atoms with van der Waals surface area (Å²) in [5.41, 5.74) is 1.33. The van der Waals surface area contributed by atoms with Gasteiger partial charge in [0.15, 0.2) is 0 Å². The van der Waals surface area contributed by atoms with Gasteiger partial charge in [-0.1, -0.05) is 30.7 Å². The van der Waals surface area contributed by atoms with Crippen molar-refractivity contribution >= 4 is 34.7 Å². The third kappa shape index (κ3) is 2.91. The molecular weight excluding hydrogens is 156 g/mol. The van der Waals surface area contributed by atoms with E-state index in [1.165, 1.54) is 5.56 Å². The van der Waals surface area contributed by atoms with Crippen LogP contribution in [-0.4, -0.2) is 23.1 Å². The quantitative estimate of drug-likeness (QED) is 0.564. The standard InChI is InChI=1S/C8H9Cl.Mg.2H/c1-2-7-3-5-8(9)6-4-7;;;/h3-6H,2H2,1H3;;;/q;+2;2*-1. The second kappa shape index (κ2) is 5.00. The van der Waals surface area contributed by atoms with Crippen LogP contribution in [0.3, 0.4) is 0 Å². The molecule has 0 heterocycles. The molecule has 2 heteroatoms. The second-order valence-corrected chi connectivity index (χ2v) is 2.42. The molecule has 0 aliphatic heterocycles. The van der Waals surface area contributed by atoms with Crippen molar-refractivity contribution in [2.24, 2.45) is 0 Å². The molecule has 0 aliphatic rings. The Morgan fingerprint density at radius 3 is 2.20 bits per heavy atom. The van der Waals surface area contributed by atoms with Crippen molar-refractivity contribution in [1.82, 2.24) is 0 Å². The Labute approximate surface area is 85.7 Å². The molecule has 0 atom stereocenters. The fourth-order valence-corrected chi connectivity index (χ4v) is 0.846. The molecule has 0 N–H and O–H groups in total. The van der Waals surface area contributed by atoms with Gasteiger partial charge in [-0.25, -0.2) is 0 Å². The Morgan fingerprint density at radius 1 is 1.30 bits per heavy atom. The third-order valence-corrected chi connectivity index (χ3v) is 1.57. The summed E-state index contributed by atoms with van der Waals surface area (Å²) in [6, 6.07) is 7.92. The fourth-order valence-electron chi connectivity index (χ4n) is 0.720. The first-order chi connectivity index (χ1) is 4.33. The van der Waals surface area contributed by atoms with Crippen LogP contribution in [0.2, 0.25) is 5.02 Å². The maximum absolute atomic E-state index is 5.67. The Morgan fingerprint density at radius 2 is 1.80 bits per heavy atom. The predicted octanol–water partition coefficient (Wildman–Crippen LogP) is 2.75. The largest absolute Gasteiger partial charge is 2.00 e. The van der Waals surface area contributed by atoms with E-state index < -0.39 is 0 Å². The summed E-state index contributed by atoms with van der Waals surface area (Å²) in [5, 5.41) is 0.812. The van der Waals surface area contributed by atoms with Gasteiger partial charge in [0.1, 0.15) is 0 Å². The summed E-state index contributed by atoms with van der Waals surface area (Å²) >= 11 is 5.67. The van der Waals surface area contributed by atoms with Crippen LogP contribution in [0.25, 0.3) is 0 Å². The minimum absolute atomic E-state index is 0. The van der Waals surface area contributed by atoms with Crippen LogP contribution in [0, 0.1) is 0 Å². The molecule has 1 aromatic rings. The molecule has 1 rings (SSSR count). The van der Waals surface area contributed by atoms with Crippen molar-refractivity contribution in [2.45, 2.75) is 13.3 Å². The molecule has 0 aromatic heterocycles. The van der Waals surface area contributed by atoms with Crippen LogP contribution in [0.5, 0.6) is 0 Å². The summed E-state index contributed by atoms with van der Waals surface area (Å²) in [4.78, 5) is 0. The first-order valence-corrected chi connectivity index (χ1v) is 3.45. The van der Waals surface area contributed by atoms with Crippen molar-refractivity contribution in [3.8, 4) is 0 Å². The Hall–Kier alpha value is 0.276. The Bertz CT molecular complexity index is 189. The molecule has 0 fully saturated rings. The number of benzene rings is 1. The molecule has 0 aliphatic carbocycles. The van der Waals surface area contributed by atoms with E-state index in [0.717, 1.165) is 11.4 Å². The average molecular weight is 167 g/mol. The maximum Gasteiger partial charge on any atom is 2.00 e. The third-order valence-electron chi connectivity index (χ3n) is 1.32. The summed E-state index contributed by atoms with van der Waals surface area (Å²) in [6.07, 6.45) is 1.08. The van der Waals surface area contributed by atoms with Crippen LogP contribution in [-0.2, 0) is 6.42 Å². The van der Waals surface area contributed by atoms with E-state index in [-0.39, 0.29) is 25.9 Å². The van der Waals surface area contributed by atoms with Gasteiger partial charge in [-0.3, -0.25) is 0 Å². The van der Waals surface area contributed by atoms with Gasteiger partial charge >= 0.3 is 23.1 Å². The molecule has 52 valence electrons. The van der Waals surface area contributed by atoms with Gasteiger partial charge in [0.05, 0.1) is 0 Å². The molecule has 0 bridgehead atoms. The normalized spacial score (nSPS) is 8.60. The molecule has 0 amide bonds. The molecule has 0 nitrogen and oxygen atoms in total. The molecule has 10 heavy (non-hydrogen) atoms. The van der Waals surface area contributed by atoms with Gasteiger partial charge < -0.3 is 2.85 Å². The zero-order valence-corrected chi connectivity index (χ0v) is 8.27. The van der Waals surface area contributed by atoms with Crippen molar-refractivity contribution in [2.75, 3.05) is 0 Å². The number of hydrogen-bond donors (Lipinski definition) is 0. The van der Waals surface area contributed by atoms with Crippen LogP contribution in [0.1, 0.15) is 15.3 Å². The smallest absolute Gasteiger partial charge is 1.00 e. The van der Waals surface area contributed by atoms with Crippen LogP contribution in [0.15, 0.2) is 24.3 Å². The molecule has 0 spiro atoms. The second-order valence-electron chi connectivity index (χ2n) is 1.98. The van der Waals surface area contributed by atoms with E-state index in [1.54, 1.807) is 0 Å². The summed E-state index contributed by atoms with van der Waals surface area (Å²) in [5.74, 6) is 0. The van der Waals surface area contributed by atoms with Crippen LogP contribution < -0.4 is 0 Å². The minimum Gasteiger partial charge on any atom is -1.00 e. The molecule has 0 saturated heterocycles. The van der Waals surface area contributed by atoms with Gasteiger partial charge in [-0.15, -0.1) is 0 Å². The van der Waals surface area contributed by atoms with E-state index in [2.05, 4.69) is 6.92 Å². The van der Waals surface area contributed by atoms with Crippen LogP contribution >= 0.6 is 11.6 Å². The minimum atomic E-state index is 0. The Balaban J connectivity index is -0.000000270. The van der Waals surface area contributed by atoms with Gasteiger partial charge in [-0.2, -0.15) is 0 Å². The van der Waals surface area contributed by atoms with Crippen molar-refractivity contribution in [3.05, 3.63) is 34.9 Å². The van der Waals surface area contributed by atoms with E-state index in [4.69, 9.17) is 11.6 Å². The van der Waals surface area contributed by atoms with Gasteiger partial charge in [-0.05, 0) is 24.1 Å². The molecule has 1 aromatic carbocycles. The summed E-state index contributed by atoms with van der Waals surface area (Å²) in [6.45, 7) is 2.13. The zero-order valence-electron chi connectivity index (χ0n) is 8.10. The number of aryl methyl sites for hydroxylation is 1. The van der Waals surface area contributed by atoms with E-state index >= 15 is 0 Å².